The fourth-order valence-corrected chi connectivity index (χ4v) is 4.01. The Labute approximate surface area is 127 Å². The van der Waals surface area contributed by atoms with E-state index in [2.05, 4.69) is 9.71 Å². The highest BCUT2D eigenvalue weighted by Gasteiger charge is 2.36. The largest absolute Gasteiger partial charge is 0.418 e. The van der Waals surface area contributed by atoms with Crippen molar-refractivity contribution in [1.82, 2.24) is 14.6 Å². The summed E-state index contributed by atoms with van der Waals surface area (Å²) < 4.78 is 65.1. The molecule has 5 nitrogen and oxygen atoms in total. The van der Waals surface area contributed by atoms with E-state index in [4.69, 9.17) is 0 Å². The minimum absolute atomic E-state index is 0.00612. The summed E-state index contributed by atoms with van der Waals surface area (Å²) in [5, 5.41) is -0.592. The van der Waals surface area contributed by atoms with Crippen LogP contribution in [-0.2, 0) is 22.7 Å². The lowest BCUT2D eigenvalue weighted by Gasteiger charge is -2.18. The molecule has 1 atom stereocenters. The van der Waals surface area contributed by atoms with Crippen LogP contribution in [0.5, 0.6) is 0 Å². The normalized spacial score (nSPS) is 20.5. The maximum Gasteiger partial charge on any atom is 0.418 e. The van der Waals surface area contributed by atoms with Gasteiger partial charge in [-0.05, 0) is 25.1 Å². The number of hydrogen-bond acceptors (Lipinski definition) is 4. The van der Waals surface area contributed by atoms with Gasteiger partial charge in [-0.3, -0.25) is 9.88 Å². The highest BCUT2D eigenvalue weighted by atomic mass is 32.2. The fourth-order valence-electron chi connectivity index (χ4n) is 2.55. The quantitative estimate of drug-likeness (QED) is 0.887. The molecule has 1 fully saturated rings. The Morgan fingerprint density at radius 3 is 2.82 bits per heavy atom. The Morgan fingerprint density at radius 1 is 1.45 bits per heavy atom. The molecule has 0 aromatic carbocycles. The van der Waals surface area contributed by atoms with Gasteiger partial charge in [0, 0.05) is 25.8 Å². The third kappa shape index (κ3) is 3.96. The number of rotatable bonds is 5. The zero-order chi connectivity index (χ0) is 16.4. The number of pyridine rings is 1. The van der Waals surface area contributed by atoms with Crippen LogP contribution in [0.25, 0.3) is 0 Å². The van der Waals surface area contributed by atoms with Crippen LogP contribution in [0.4, 0.5) is 13.2 Å². The summed E-state index contributed by atoms with van der Waals surface area (Å²) in [4.78, 5) is 5.50. The van der Waals surface area contributed by atoms with Crippen LogP contribution >= 0.6 is 0 Å². The van der Waals surface area contributed by atoms with Crippen LogP contribution in [0.3, 0.4) is 0 Å². The van der Waals surface area contributed by atoms with E-state index in [-0.39, 0.29) is 18.8 Å². The Balaban J connectivity index is 2.08. The van der Waals surface area contributed by atoms with Gasteiger partial charge in [-0.25, -0.2) is 13.1 Å². The van der Waals surface area contributed by atoms with Crippen LogP contribution < -0.4 is 4.72 Å². The second-order valence-corrected chi connectivity index (χ2v) is 7.23. The predicted octanol–water partition coefficient (Wildman–Crippen LogP) is 1.61. The van der Waals surface area contributed by atoms with Gasteiger partial charge < -0.3 is 0 Å². The van der Waals surface area contributed by atoms with Crippen molar-refractivity contribution < 1.29 is 21.6 Å². The monoisotopic (exact) mass is 337 g/mol. The zero-order valence-corrected chi connectivity index (χ0v) is 12.9. The highest BCUT2D eigenvalue weighted by molar-refractivity contribution is 7.90. The summed E-state index contributed by atoms with van der Waals surface area (Å²) in [6.07, 6.45) is -2.74. The maximum atomic E-state index is 12.9. The van der Waals surface area contributed by atoms with Gasteiger partial charge in [-0.2, -0.15) is 13.2 Å². The lowest BCUT2D eigenvalue weighted by Crippen LogP contribution is -2.36. The number of aromatic nitrogens is 1. The minimum atomic E-state index is -4.46. The Hall–Kier alpha value is -1.19. The molecule has 0 aliphatic carbocycles. The zero-order valence-electron chi connectivity index (χ0n) is 12.1. The lowest BCUT2D eigenvalue weighted by atomic mass is 10.2. The number of alkyl halides is 3. The van der Waals surface area contributed by atoms with E-state index >= 15 is 0 Å². The number of nitrogens with zero attached hydrogens (tertiary/aromatic N) is 2. The van der Waals surface area contributed by atoms with Gasteiger partial charge in [0.25, 0.3) is 0 Å². The molecule has 1 aliphatic heterocycles. The van der Waals surface area contributed by atoms with Crippen LogP contribution in [-0.4, -0.2) is 43.2 Å². The van der Waals surface area contributed by atoms with Crippen molar-refractivity contribution >= 4 is 10.0 Å². The van der Waals surface area contributed by atoms with Gasteiger partial charge in [0.15, 0.2) is 0 Å². The first kappa shape index (κ1) is 17.2. The molecule has 9 heteroatoms. The summed E-state index contributed by atoms with van der Waals surface area (Å²) in [6.45, 7) is 2.63. The van der Waals surface area contributed by atoms with Crippen molar-refractivity contribution in [3.05, 3.63) is 29.6 Å². The third-order valence-electron chi connectivity index (χ3n) is 3.58. The van der Waals surface area contributed by atoms with Crippen LogP contribution in [0.2, 0.25) is 0 Å². The molecule has 2 rings (SSSR count). The number of nitrogens with one attached hydrogen (secondary N) is 1. The molecule has 0 saturated carbocycles. The predicted molar refractivity (Wildman–Crippen MR) is 75.5 cm³/mol. The van der Waals surface area contributed by atoms with Gasteiger partial charge in [-0.15, -0.1) is 0 Å². The van der Waals surface area contributed by atoms with Gasteiger partial charge in [-0.1, -0.05) is 6.92 Å². The molecular weight excluding hydrogens is 319 g/mol. The summed E-state index contributed by atoms with van der Waals surface area (Å²) in [6, 6.07) is 2.24. The van der Waals surface area contributed by atoms with Crippen LogP contribution in [0, 0.1) is 0 Å². The second kappa shape index (κ2) is 6.51. The van der Waals surface area contributed by atoms with Crippen LogP contribution in [0.15, 0.2) is 18.3 Å². The first-order valence-corrected chi connectivity index (χ1v) is 8.50. The maximum absolute atomic E-state index is 12.9. The molecule has 0 spiro atoms. The summed E-state index contributed by atoms with van der Waals surface area (Å²) in [7, 11) is -3.41. The molecular formula is C13H18F3N3O2S. The summed E-state index contributed by atoms with van der Waals surface area (Å²) in [5.74, 6) is 0. The molecule has 1 N–H and O–H groups in total. The van der Waals surface area contributed by atoms with Gasteiger partial charge in [0.05, 0.1) is 16.5 Å². The van der Waals surface area contributed by atoms with E-state index in [1.165, 1.54) is 12.3 Å². The summed E-state index contributed by atoms with van der Waals surface area (Å²) in [5.41, 5.74) is -0.843. The first-order chi connectivity index (χ1) is 10.2. The van der Waals surface area contributed by atoms with E-state index < -0.39 is 27.0 Å². The van der Waals surface area contributed by atoms with E-state index in [0.717, 1.165) is 6.07 Å². The Bertz CT molecular complexity index is 619. The van der Waals surface area contributed by atoms with Gasteiger partial charge >= 0.3 is 6.18 Å². The van der Waals surface area contributed by atoms with Gasteiger partial charge in [0.1, 0.15) is 0 Å². The van der Waals surface area contributed by atoms with E-state index in [9.17, 15) is 21.6 Å². The van der Waals surface area contributed by atoms with Crippen molar-refractivity contribution in [2.45, 2.75) is 31.3 Å². The molecule has 0 radical (unpaired) electrons. The topological polar surface area (TPSA) is 62.3 Å². The molecule has 22 heavy (non-hydrogen) atoms. The highest BCUT2D eigenvalue weighted by Crippen LogP contribution is 2.32. The lowest BCUT2D eigenvalue weighted by molar-refractivity contribution is -0.138. The molecule has 2 heterocycles. The molecule has 1 saturated heterocycles. The number of hydrogen-bond donors (Lipinski definition) is 1. The number of halogens is 3. The molecule has 0 amide bonds. The molecule has 0 bridgehead atoms. The molecule has 1 unspecified atom stereocenters. The van der Waals surface area contributed by atoms with Crippen molar-refractivity contribution in [3.63, 3.8) is 0 Å². The van der Waals surface area contributed by atoms with Gasteiger partial charge in [0.2, 0.25) is 10.0 Å². The van der Waals surface area contributed by atoms with E-state index in [1.54, 1.807) is 11.8 Å². The van der Waals surface area contributed by atoms with Crippen molar-refractivity contribution in [2.75, 3.05) is 19.6 Å². The van der Waals surface area contributed by atoms with E-state index in [0.29, 0.717) is 19.5 Å². The number of likely N-dealkylation sites (tertiary alicyclic amines) is 1. The van der Waals surface area contributed by atoms with Crippen molar-refractivity contribution in [1.29, 1.82) is 0 Å². The van der Waals surface area contributed by atoms with E-state index in [1.807, 2.05) is 0 Å². The second-order valence-electron chi connectivity index (χ2n) is 5.18. The SMILES string of the molecule is CCNS(=O)(=O)C1CCN(Cc2ncccc2C(F)(F)F)C1. The fraction of sp³-hybridized carbons (Fsp3) is 0.615. The molecule has 1 aliphatic rings. The molecule has 124 valence electrons. The smallest absolute Gasteiger partial charge is 0.296 e. The average Bonchev–Trinajstić information content (AvgIpc) is 2.87. The Morgan fingerprint density at radius 2 is 2.18 bits per heavy atom. The third-order valence-corrected chi connectivity index (χ3v) is 5.54. The molecule has 1 aromatic rings. The summed E-state index contributed by atoms with van der Waals surface area (Å²) >= 11 is 0. The van der Waals surface area contributed by atoms with Crippen molar-refractivity contribution in [2.24, 2.45) is 0 Å². The number of sulfonamides is 1. The average molecular weight is 337 g/mol. The van der Waals surface area contributed by atoms with Crippen molar-refractivity contribution in [3.8, 4) is 0 Å². The Kier molecular flexibility index (Phi) is 5.08. The first-order valence-electron chi connectivity index (χ1n) is 6.96. The molecule has 1 aromatic heterocycles. The minimum Gasteiger partial charge on any atom is -0.296 e. The standard InChI is InChI=1S/C13H18F3N3O2S/c1-2-18-22(20,21)10-5-7-19(8-10)9-12-11(13(14,15)16)4-3-6-17-12/h3-4,6,10,18H,2,5,7-9H2,1H3. The van der Waals surface area contributed by atoms with Crippen LogP contribution in [0.1, 0.15) is 24.6 Å².